The number of piperidine rings is 1. The molecule has 2 amide bonds. The highest BCUT2D eigenvalue weighted by molar-refractivity contribution is 5.94. The molecule has 1 saturated heterocycles. The smallest absolute Gasteiger partial charge is 0.253 e. The van der Waals surface area contributed by atoms with Crippen LogP contribution in [0.15, 0.2) is 30.3 Å². The van der Waals surface area contributed by atoms with Crippen LogP contribution in [0.1, 0.15) is 42.5 Å². The van der Waals surface area contributed by atoms with Gasteiger partial charge in [-0.15, -0.1) is 12.4 Å². The minimum Gasteiger partial charge on any atom is -0.380 e. The van der Waals surface area contributed by atoms with Gasteiger partial charge in [0.25, 0.3) is 5.91 Å². The number of rotatable bonds is 4. The maximum Gasteiger partial charge on any atom is 0.253 e. The van der Waals surface area contributed by atoms with Gasteiger partial charge in [0.05, 0.1) is 6.10 Å². The number of methoxy groups -OCH3 is 1. The van der Waals surface area contributed by atoms with Gasteiger partial charge in [-0.3, -0.25) is 9.59 Å². The lowest BCUT2D eigenvalue weighted by molar-refractivity contribution is -0.128. The molecule has 1 aliphatic carbocycles. The molecule has 1 aromatic rings. The van der Waals surface area contributed by atoms with E-state index in [-0.39, 0.29) is 48.3 Å². The fraction of sp³-hybridized carbons (Fsp3) is 0.600. The number of nitrogens with zero attached hydrogens (tertiary/aromatic N) is 1. The van der Waals surface area contributed by atoms with Crippen molar-refractivity contribution in [3.05, 3.63) is 35.9 Å². The number of halogens is 1. The van der Waals surface area contributed by atoms with Crippen LogP contribution in [-0.2, 0) is 9.53 Å². The molecule has 0 bridgehead atoms. The van der Waals surface area contributed by atoms with Crippen molar-refractivity contribution < 1.29 is 14.3 Å². The van der Waals surface area contributed by atoms with Gasteiger partial charge in [-0.1, -0.05) is 18.2 Å². The molecule has 1 aliphatic heterocycles. The minimum atomic E-state index is -0.0372. The van der Waals surface area contributed by atoms with Gasteiger partial charge in [-0.05, 0) is 44.2 Å². The summed E-state index contributed by atoms with van der Waals surface area (Å²) >= 11 is 0. The predicted octanol–water partition coefficient (Wildman–Crippen LogP) is 1.97. The first-order valence-electron chi connectivity index (χ1n) is 9.51. The number of hydrogen-bond acceptors (Lipinski definition) is 4. The Labute approximate surface area is 167 Å². The van der Waals surface area contributed by atoms with Gasteiger partial charge in [-0.25, -0.2) is 0 Å². The zero-order chi connectivity index (χ0) is 18.5. The number of carbonyl (C=O) groups is 2. The van der Waals surface area contributed by atoms with E-state index in [0.29, 0.717) is 19.5 Å². The van der Waals surface area contributed by atoms with Crippen molar-refractivity contribution in [2.24, 2.45) is 11.7 Å². The molecule has 3 rings (SSSR count). The number of nitrogens with one attached hydrogen (secondary N) is 1. The third-order valence-corrected chi connectivity index (χ3v) is 5.67. The third kappa shape index (κ3) is 5.43. The highest BCUT2D eigenvalue weighted by Gasteiger charge is 2.33. The summed E-state index contributed by atoms with van der Waals surface area (Å²) in [5, 5.41) is 3.17. The summed E-state index contributed by atoms with van der Waals surface area (Å²) in [7, 11) is 1.66. The molecule has 150 valence electrons. The summed E-state index contributed by atoms with van der Waals surface area (Å²) in [4.78, 5) is 26.9. The van der Waals surface area contributed by atoms with Crippen molar-refractivity contribution in [1.82, 2.24) is 10.2 Å². The zero-order valence-corrected chi connectivity index (χ0v) is 16.6. The van der Waals surface area contributed by atoms with E-state index in [2.05, 4.69) is 5.32 Å². The molecular weight excluding hydrogens is 366 g/mol. The van der Waals surface area contributed by atoms with Crippen LogP contribution in [0.25, 0.3) is 0 Å². The maximum absolute atomic E-state index is 12.6. The van der Waals surface area contributed by atoms with Crippen LogP contribution in [0.5, 0.6) is 0 Å². The normalized spacial score (nSPS) is 26.1. The van der Waals surface area contributed by atoms with Crippen LogP contribution in [0.4, 0.5) is 0 Å². The average Bonchev–Trinajstić information content (AvgIpc) is 2.69. The van der Waals surface area contributed by atoms with E-state index in [1.54, 1.807) is 7.11 Å². The molecule has 2 aliphatic rings. The molecule has 3 N–H and O–H groups in total. The lowest BCUT2D eigenvalue weighted by Gasteiger charge is -2.35. The molecule has 0 radical (unpaired) electrons. The maximum atomic E-state index is 12.6. The van der Waals surface area contributed by atoms with E-state index in [4.69, 9.17) is 10.5 Å². The van der Waals surface area contributed by atoms with Crippen LogP contribution >= 0.6 is 12.4 Å². The molecule has 1 aromatic carbocycles. The van der Waals surface area contributed by atoms with Crippen LogP contribution in [0.2, 0.25) is 0 Å². The summed E-state index contributed by atoms with van der Waals surface area (Å²) in [6.45, 7) is 1.35. The molecule has 1 saturated carbocycles. The second kappa shape index (κ2) is 10.1. The van der Waals surface area contributed by atoms with E-state index in [9.17, 15) is 9.59 Å². The largest absolute Gasteiger partial charge is 0.380 e. The number of likely N-dealkylation sites (tertiary alicyclic amines) is 1. The van der Waals surface area contributed by atoms with E-state index < -0.39 is 0 Å². The van der Waals surface area contributed by atoms with E-state index >= 15 is 0 Å². The highest BCUT2D eigenvalue weighted by atomic mass is 35.5. The zero-order valence-electron chi connectivity index (χ0n) is 15.8. The fourth-order valence-electron chi connectivity index (χ4n) is 3.97. The van der Waals surface area contributed by atoms with Gasteiger partial charge in [0.2, 0.25) is 5.91 Å². The van der Waals surface area contributed by atoms with Gasteiger partial charge < -0.3 is 20.7 Å². The number of hydrogen-bond donors (Lipinski definition) is 2. The molecule has 2 fully saturated rings. The third-order valence-electron chi connectivity index (χ3n) is 5.67. The Morgan fingerprint density at radius 1 is 1.11 bits per heavy atom. The molecule has 27 heavy (non-hydrogen) atoms. The summed E-state index contributed by atoms with van der Waals surface area (Å²) < 4.78 is 5.41. The van der Waals surface area contributed by atoms with Crippen LogP contribution < -0.4 is 11.1 Å². The van der Waals surface area contributed by atoms with Gasteiger partial charge in [0.1, 0.15) is 0 Å². The SMILES string of the molecule is CO[C@H]1C[C@@H](C(=O)NC2CCN(C(=O)c3ccccc3)CC2)CC[C@@H]1N.Cl. The fourth-order valence-corrected chi connectivity index (χ4v) is 3.97. The molecule has 6 nitrogen and oxygen atoms in total. The Morgan fingerprint density at radius 2 is 1.78 bits per heavy atom. The van der Waals surface area contributed by atoms with Crippen LogP contribution in [0.3, 0.4) is 0 Å². The van der Waals surface area contributed by atoms with Crippen molar-refractivity contribution in [2.45, 2.75) is 50.3 Å². The Kier molecular flexibility index (Phi) is 8.07. The quantitative estimate of drug-likeness (QED) is 0.816. The minimum absolute atomic E-state index is 0. The Morgan fingerprint density at radius 3 is 2.41 bits per heavy atom. The molecule has 7 heteroatoms. The topological polar surface area (TPSA) is 84.7 Å². The number of ether oxygens (including phenoxy) is 1. The van der Waals surface area contributed by atoms with Crippen molar-refractivity contribution >= 4 is 24.2 Å². The van der Waals surface area contributed by atoms with Gasteiger partial charge in [-0.2, -0.15) is 0 Å². The van der Waals surface area contributed by atoms with Gasteiger partial charge in [0, 0.05) is 43.8 Å². The molecule has 0 spiro atoms. The van der Waals surface area contributed by atoms with Gasteiger partial charge in [0.15, 0.2) is 0 Å². The molecule has 1 heterocycles. The van der Waals surface area contributed by atoms with Crippen LogP contribution in [-0.4, -0.2) is 55.1 Å². The standard InChI is InChI=1S/C20H29N3O3.ClH/c1-26-18-13-15(7-8-17(18)21)19(24)22-16-9-11-23(12-10-16)20(25)14-5-3-2-4-6-14;/h2-6,15-18H,7-13,21H2,1H3,(H,22,24);1H/t15-,17-,18-;/m0./s1. The summed E-state index contributed by atoms with van der Waals surface area (Å²) in [6.07, 6.45) is 3.88. The lowest BCUT2D eigenvalue weighted by Crippen LogP contribution is -2.50. The molecule has 0 unspecified atom stereocenters. The van der Waals surface area contributed by atoms with E-state index in [1.165, 1.54) is 0 Å². The Hall–Kier alpha value is -1.63. The van der Waals surface area contributed by atoms with Crippen molar-refractivity contribution in [1.29, 1.82) is 0 Å². The van der Waals surface area contributed by atoms with Gasteiger partial charge >= 0.3 is 0 Å². The molecule has 0 aromatic heterocycles. The molecule has 3 atom stereocenters. The van der Waals surface area contributed by atoms with E-state index in [0.717, 1.165) is 31.2 Å². The highest BCUT2D eigenvalue weighted by Crippen LogP contribution is 2.26. The summed E-state index contributed by atoms with van der Waals surface area (Å²) in [6, 6.07) is 9.51. The van der Waals surface area contributed by atoms with Crippen molar-refractivity contribution in [2.75, 3.05) is 20.2 Å². The first-order chi connectivity index (χ1) is 12.6. The summed E-state index contributed by atoms with van der Waals surface area (Å²) in [5.74, 6) is 0.148. The van der Waals surface area contributed by atoms with Crippen LogP contribution in [0, 0.1) is 5.92 Å². The predicted molar refractivity (Wildman–Crippen MR) is 107 cm³/mol. The first-order valence-corrected chi connectivity index (χ1v) is 9.51. The monoisotopic (exact) mass is 395 g/mol. The Balaban J connectivity index is 0.00000261. The van der Waals surface area contributed by atoms with E-state index in [1.807, 2.05) is 35.2 Å². The second-order valence-electron chi connectivity index (χ2n) is 7.39. The van der Waals surface area contributed by atoms with Crippen molar-refractivity contribution in [3.63, 3.8) is 0 Å². The number of carbonyl (C=O) groups excluding carboxylic acids is 2. The first kappa shape index (κ1) is 21.7. The second-order valence-corrected chi connectivity index (χ2v) is 7.39. The van der Waals surface area contributed by atoms with Crippen molar-refractivity contribution in [3.8, 4) is 0 Å². The average molecular weight is 396 g/mol. The number of amides is 2. The summed E-state index contributed by atoms with van der Waals surface area (Å²) in [5.41, 5.74) is 6.75. The number of nitrogens with two attached hydrogens (primary N) is 1. The lowest BCUT2D eigenvalue weighted by atomic mass is 9.83. The Bertz CT molecular complexity index is 620. The molecular formula is C20H30ClN3O3. The number of benzene rings is 1.